The number of nitrogens with one attached hydrogen (secondary N) is 7. The number of amides is 2. The second kappa shape index (κ2) is 26.2. The van der Waals surface area contributed by atoms with Gasteiger partial charge < -0.3 is 82.3 Å². The fourth-order valence-electron chi connectivity index (χ4n) is 9.06. The van der Waals surface area contributed by atoms with Crippen LogP contribution in [-0.2, 0) is 58.6 Å². The number of aliphatic hydroxyl groups excluding tert-OH is 1. The maximum Gasteiger partial charge on any atom is 0.326 e. The van der Waals surface area contributed by atoms with Gasteiger partial charge in [0.25, 0.3) is 6.02 Å². The van der Waals surface area contributed by atoms with Gasteiger partial charge in [-0.15, -0.1) is 5.53 Å². The van der Waals surface area contributed by atoms with E-state index in [-0.39, 0.29) is 73.1 Å². The van der Waals surface area contributed by atoms with Crippen LogP contribution < -0.4 is 48.4 Å². The van der Waals surface area contributed by atoms with E-state index in [1.165, 1.54) is 17.0 Å². The zero-order valence-corrected chi connectivity index (χ0v) is 43.5. The van der Waals surface area contributed by atoms with Gasteiger partial charge in [-0.1, -0.05) is 36.8 Å². The zero-order valence-electron chi connectivity index (χ0n) is 42.6. The Labute approximate surface area is 454 Å². The Kier molecular flexibility index (Phi) is 18.8. The highest BCUT2D eigenvalue weighted by atomic mass is 32.1. The Balaban J connectivity index is 0.625. The summed E-state index contributed by atoms with van der Waals surface area (Å²) < 4.78 is 29.8. The number of rotatable bonds is 27. The van der Waals surface area contributed by atoms with Crippen molar-refractivity contribution in [1.29, 1.82) is 5.41 Å². The number of amidine groups is 2. The first kappa shape index (κ1) is 56.0. The number of aromatic hydroxyl groups is 2. The average molecular weight is 1090 g/mol. The van der Waals surface area contributed by atoms with Crippen molar-refractivity contribution in [2.24, 2.45) is 16.5 Å². The summed E-state index contributed by atoms with van der Waals surface area (Å²) in [6.45, 7) is 4.21. The molecule has 15 N–H and O–H groups in total. The molecule has 1 atom stereocenters. The maximum atomic E-state index is 12.6. The number of hydrazine groups is 2. The van der Waals surface area contributed by atoms with Crippen LogP contribution in [0.2, 0.25) is 0 Å². The number of carbonyl (C=O) groups is 3. The number of phenols is 2. The molecule has 0 saturated carbocycles. The predicted octanol–water partition coefficient (Wildman–Crippen LogP) is 3.55. The number of unbranched alkanes of at least 4 members (excludes halogenated alkanes) is 1. The second-order valence-corrected chi connectivity index (χ2v) is 19.0. The molecule has 4 aromatic rings. The highest BCUT2D eigenvalue weighted by Gasteiger charge is 2.50. The third kappa shape index (κ3) is 14.2. The molecule has 8 rings (SSSR count). The Morgan fingerprint density at radius 2 is 1.49 bits per heavy atom. The number of thiocarbonyl (C=S) groups is 1. The third-order valence-electron chi connectivity index (χ3n) is 13.0. The summed E-state index contributed by atoms with van der Waals surface area (Å²) in [6.07, 6.45) is 3.75. The number of hydrogen-bond donors (Lipinski definition) is 13. The van der Waals surface area contributed by atoms with Crippen LogP contribution in [0.15, 0.2) is 107 Å². The summed E-state index contributed by atoms with van der Waals surface area (Å²) in [5, 5.41) is 62.4. The maximum absolute atomic E-state index is 12.6. The number of aliphatic hydroxyl groups is 1. The van der Waals surface area contributed by atoms with Crippen molar-refractivity contribution in [2.45, 2.75) is 69.9 Å². The molecule has 0 saturated heterocycles. The number of carboxylic acid groups (broad SMARTS) is 1. The summed E-state index contributed by atoms with van der Waals surface area (Å²) in [5.41, 5.74) is 22.8. The van der Waals surface area contributed by atoms with Gasteiger partial charge in [-0.3, -0.25) is 24.9 Å². The number of ether oxygens (including phenoxy) is 5. The molecule has 4 aromatic carbocycles. The lowest BCUT2D eigenvalue weighted by molar-refractivity contribution is -0.142. The average Bonchev–Trinajstić information content (AvgIpc) is 4.29. The molecule has 4 aliphatic heterocycles. The van der Waals surface area contributed by atoms with E-state index >= 15 is 0 Å². The minimum atomic E-state index is -1.15. The molecule has 4 heterocycles. The van der Waals surface area contributed by atoms with Crippen LogP contribution >= 0.6 is 12.2 Å². The highest BCUT2D eigenvalue weighted by Crippen LogP contribution is 2.57. The summed E-state index contributed by atoms with van der Waals surface area (Å²) in [6, 6.07) is 21.4. The van der Waals surface area contributed by atoms with Crippen molar-refractivity contribution < 1.29 is 58.5 Å². The predicted molar refractivity (Wildman–Crippen MR) is 289 cm³/mol. The molecule has 0 radical (unpaired) electrons. The molecule has 0 bridgehead atoms. The van der Waals surface area contributed by atoms with Gasteiger partial charge >= 0.3 is 5.97 Å². The number of fused-ring (bicyclic) bond motifs is 6. The largest absolute Gasteiger partial charge is 0.508 e. The van der Waals surface area contributed by atoms with Crippen LogP contribution in [0, 0.1) is 5.41 Å². The highest BCUT2D eigenvalue weighted by molar-refractivity contribution is 7.80. The Bertz CT molecular complexity index is 2900. The SMILES string of the molecule is N=C1C(=C(N)N)N=C(O)N1Cc1ccc(CNC(=O)CCC(=O)NC(CCCCC2=CN(CCOCCOCCOCCNC(=S)Nc3ccc4c(c3)C3(OC4)c4ccc(O)cc4Oc4cc(O)ccc43)NN2)C(=O)O)cc1. The van der Waals surface area contributed by atoms with Gasteiger partial charge in [0, 0.05) is 72.3 Å². The standard InChI is InChI=1S/C53H64N12O12S/c54-48(55)47-49(56)65(52(72)61-47)29-33-7-5-32(6-8-33)28-58-45(68)15-16-46(69)60-42(50(70)71)4-2-1-3-36-30-64(63-62-36)18-20-74-22-24-75-23-21-73-19-17-57-51(78)59-35-10-9-34-31-76-53(41(34)25-35)39-13-11-37(66)26-43(39)77-44-27-38(67)12-14-40(44)53/h5-14,25-27,30,42,56,62-63,66-67H,1-4,15-24,28-29,31,54-55H2,(H,58,68)(H,60,69)(H,61,72)(H,70,71)(H2,57,59,78). The van der Waals surface area contributed by atoms with Crippen molar-refractivity contribution in [3.05, 3.63) is 136 Å². The van der Waals surface area contributed by atoms with Crippen LogP contribution in [0.4, 0.5) is 5.69 Å². The number of benzene rings is 4. The molecular formula is C53H64N12O12S. The minimum absolute atomic E-state index is 0.000104. The Morgan fingerprint density at radius 1 is 0.821 bits per heavy atom. The number of carboxylic acids is 1. The number of anilines is 1. The molecule has 0 aliphatic carbocycles. The Morgan fingerprint density at radius 3 is 2.17 bits per heavy atom. The number of nitrogens with two attached hydrogens (primary N) is 2. The number of hydrogen-bond acceptors (Lipinski definition) is 18. The molecule has 4 aliphatic rings. The van der Waals surface area contributed by atoms with E-state index in [1.807, 2.05) is 29.4 Å². The number of aliphatic imine (C=N–C) groups is 1. The lowest BCUT2D eigenvalue weighted by Gasteiger charge is -2.37. The van der Waals surface area contributed by atoms with Crippen LogP contribution in [0.1, 0.15) is 71.9 Å². The molecule has 1 spiro atoms. The van der Waals surface area contributed by atoms with Crippen molar-refractivity contribution in [1.82, 2.24) is 36.8 Å². The quantitative estimate of drug-likeness (QED) is 0.0300. The molecule has 2 amide bonds. The normalized spacial score (nSPS) is 15.1. The van der Waals surface area contributed by atoms with E-state index < -0.39 is 23.5 Å². The molecule has 414 valence electrons. The van der Waals surface area contributed by atoms with E-state index in [4.69, 9.17) is 52.8 Å². The number of allylic oxidation sites excluding steroid dienone is 1. The molecular weight excluding hydrogens is 1030 g/mol. The molecule has 25 heteroatoms. The Hall–Kier alpha value is -8.20. The smallest absolute Gasteiger partial charge is 0.326 e. The molecule has 78 heavy (non-hydrogen) atoms. The summed E-state index contributed by atoms with van der Waals surface area (Å²) in [5.74, 6) is -1.36. The van der Waals surface area contributed by atoms with Crippen LogP contribution in [0.5, 0.6) is 23.0 Å². The van der Waals surface area contributed by atoms with E-state index in [9.17, 15) is 34.8 Å². The molecule has 24 nitrogen and oxygen atoms in total. The zero-order chi connectivity index (χ0) is 55.2. The lowest BCUT2D eigenvalue weighted by atomic mass is 9.77. The number of carbonyl (C=O) groups excluding carboxylic acids is 2. The molecule has 0 fully saturated rings. The number of nitrogens with zero attached hydrogens (tertiary/aromatic N) is 3. The van der Waals surface area contributed by atoms with Gasteiger partial charge in [-0.05, 0) is 84.6 Å². The van der Waals surface area contributed by atoms with Crippen molar-refractivity contribution in [3.63, 3.8) is 0 Å². The summed E-state index contributed by atoms with van der Waals surface area (Å²) in [4.78, 5) is 42.0. The van der Waals surface area contributed by atoms with Gasteiger partial charge in [0.1, 0.15) is 34.9 Å². The number of aliphatic carboxylic acids is 1. The third-order valence-corrected chi connectivity index (χ3v) is 13.2. The van der Waals surface area contributed by atoms with E-state index in [0.717, 1.165) is 44.8 Å². The van der Waals surface area contributed by atoms with E-state index in [2.05, 4.69) is 37.2 Å². The molecule has 1 unspecified atom stereocenters. The fourth-order valence-corrected chi connectivity index (χ4v) is 9.28. The van der Waals surface area contributed by atoms with Crippen molar-refractivity contribution in [3.8, 4) is 23.0 Å². The van der Waals surface area contributed by atoms with Crippen molar-refractivity contribution >= 4 is 52.7 Å². The lowest BCUT2D eigenvalue weighted by Crippen LogP contribution is -2.41. The minimum Gasteiger partial charge on any atom is -0.508 e. The first-order chi connectivity index (χ1) is 37.7. The van der Waals surface area contributed by atoms with Crippen molar-refractivity contribution in [2.75, 3.05) is 58.0 Å². The number of phenolic OH excluding ortho intramolecular Hbond substituents is 2. The van der Waals surface area contributed by atoms with Gasteiger partial charge in [0.15, 0.2) is 22.2 Å². The van der Waals surface area contributed by atoms with Gasteiger partial charge in [-0.25, -0.2) is 4.79 Å². The van der Waals surface area contributed by atoms with Crippen LogP contribution in [0.25, 0.3) is 0 Å². The fraction of sp³-hybridized carbons (Fsp3) is 0.358. The monoisotopic (exact) mass is 1090 g/mol. The van der Waals surface area contributed by atoms with Crippen LogP contribution in [-0.4, -0.2) is 124 Å². The first-order valence-corrected chi connectivity index (χ1v) is 25.7. The summed E-state index contributed by atoms with van der Waals surface area (Å²) in [7, 11) is 0. The summed E-state index contributed by atoms with van der Waals surface area (Å²) >= 11 is 5.58. The topological polar surface area (TPSA) is 345 Å². The first-order valence-electron chi connectivity index (χ1n) is 25.3. The van der Waals surface area contributed by atoms with Gasteiger partial charge in [0.2, 0.25) is 11.8 Å². The van der Waals surface area contributed by atoms with Crippen LogP contribution in [0.3, 0.4) is 0 Å². The second-order valence-electron chi connectivity index (χ2n) is 18.6. The van der Waals surface area contributed by atoms with E-state index in [1.54, 1.807) is 48.5 Å². The van der Waals surface area contributed by atoms with E-state index in [0.29, 0.717) is 95.2 Å². The van der Waals surface area contributed by atoms with Gasteiger partial charge in [0.05, 0.1) is 59.3 Å². The van der Waals surface area contributed by atoms with Gasteiger partial charge in [-0.2, -0.15) is 4.99 Å². The molecule has 0 aromatic heterocycles.